The van der Waals surface area contributed by atoms with Gasteiger partial charge in [0.2, 0.25) is 5.91 Å². The monoisotopic (exact) mass is 334 g/mol. The van der Waals surface area contributed by atoms with Crippen LogP contribution in [0.3, 0.4) is 0 Å². The molecule has 1 atom stereocenters. The molecule has 0 aromatic carbocycles. The van der Waals surface area contributed by atoms with Crippen molar-refractivity contribution in [1.29, 1.82) is 0 Å². The first-order valence-electron chi connectivity index (χ1n) is 7.37. The highest BCUT2D eigenvalue weighted by Gasteiger charge is 2.19. The third-order valence-electron chi connectivity index (χ3n) is 3.16. The van der Waals surface area contributed by atoms with E-state index >= 15 is 0 Å². The lowest BCUT2D eigenvalue weighted by Crippen LogP contribution is -2.41. The number of carbonyl (C=O) groups excluding carboxylic acids is 3. The maximum atomic E-state index is 11.6. The number of hydrogen-bond donors (Lipinski definition) is 4. The van der Waals surface area contributed by atoms with Crippen LogP contribution in [0.2, 0.25) is 0 Å². The fraction of sp³-hybridized carbons (Fsp3) is 0.786. The van der Waals surface area contributed by atoms with E-state index in [1.807, 2.05) is 0 Å². The summed E-state index contributed by atoms with van der Waals surface area (Å²) >= 11 is 0. The maximum absolute atomic E-state index is 11.6. The third kappa shape index (κ3) is 9.82. The molecule has 0 rings (SSSR count). The first-order chi connectivity index (χ1) is 11.0. The van der Waals surface area contributed by atoms with Crippen LogP contribution in [0.25, 0.3) is 0 Å². The average Bonchev–Trinajstić information content (AvgIpc) is 2.57. The summed E-state index contributed by atoms with van der Waals surface area (Å²) in [6.45, 7) is -0.764. The highest BCUT2D eigenvalue weighted by Crippen LogP contribution is 2.06. The summed E-state index contributed by atoms with van der Waals surface area (Å²) in [6, 6.07) is -1.31. The molecule has 0 spiro atoms. The SMILES string of the molecule is COC(=O)CNC(CCCCC(=O)NC(CO)CO)C(=O)OC. The predicted molar refractivity (Wildman–Crippen MR) is 80.4 cm³/mol. The van der Waals surface area contributed by atoms with Crippen molar-refractivity contribution in [2.75, 3.05) is 34.0 Å². The Balaban J connectivity index is 4.09. The molecular formula is C14H26N2O7. The number of aliphatic hydroxyl groups is 2. The van der Waals surface area contributed by atoms with Gasteiger partial charge in [-0.05, 0) is 12.8 Å². The molecule has 0 aliphatic carbocycles. The van der Waals surface area contributed by atoms with E-state index < -0.39 is 24.0 Å². The van der Waals surface area contributed by atoms with Crippen molar-refractivity contribution in [1.82, 2.24) is 10.6 Å². The van der Waals surface area contributed by atoms with Gasteiger partial charge in [-0.15, -0.1) is 0 Å². The summed E-state index contributed by atoms with van der Waals surface area (Å²) in [7, 11) is 2.51. The Morgan fingerprint density at radius 3 is 2.22 bits per heavy atom. The molecule has 0 aliphatic heterocycles. The fourth-order valence-corrected chi connectivity index (χ4v) is 1.81. The highest BCUT2D eigenvalue weighted by molar-refractivity contribution is 5.78. The van der Waals surface area contributed by atoms with Crippen LogP contribution in [-0.4, -0.2) is 74.1 Å². The lowest BCUT2D eigenvalue weighted by molar-refractivity contribution is -0.144. The number of unbranched alkanes of at least 4 members (excludes halogenated alkanes) is 1. The van der Waals surface area contributed by atoms with Crippen molar-refractivity contribution in [3.05, 3.63) is 0 Å². The molecule has 23 heavy (non-hydrogen) atoms. The largest absolute Gasteiger partial charge is 0.468 e. The summed E-state index contributed by atoms with van der Waals surface area (Å²) in [5.41, 5.74) is 0. The van der Waals surface area contributed by atoms with E-state index in [1.54, 1.807) is 0 Å². The summed E-state index contributed by atoms with van der Waals surface area (Å²) in [5, 5.41) is 22.9. The second-order valence-corrected chi connectivity index (χ2v) is 4.91. The van der Waals surface area contributed by atoms with Gasteiger partial charge in [0, 0.05) is 6.42 Å². The van der Waals surface area contributed by atoms with Gasteiger partial charge in [0.15, 0.2) is 0 Å². The van der Waals surface area contributed by atoms with Crippen LogP contribution in [0.1, 0.15) is 25.7 Å². The fourth-order valence-electron chi connectivity index (χ4n) is 1.81. The van der Waals surface area contributed by atoms with Crippen molar-refractivity contribution in [2.24, 2.45) is 0 Å². The molecule has 0 aromatic heterocycles. The van der Waals surface area contributed by atoms with Crippen LogP contribution < -0.4 is 10.6 Å². The molecule has 0 radical (unpaired) electrons. The maximum Gasteiger partial charge on any atom is 0.322 e. The van der Waals surface area contributed by atoms with Crippen molar-refractivity contribution in [3.63, 3.8) is 0 Å². The van der Waals surface area contributed by atoms with Crippen molar-refractivity contribution < 1.29 is 34.1 Å². The summed E-state index contributed by atoms with van der Waals surface area (Å²) in [6.07, 6.45) is 1.69. The first-order valence-corrected chi connectivity index (χ1v) is 7.37. The average molecular weight is 334 g/mol. The third-order valence-corrected chi connectivity index (χ3v) is 3.16. The molecule has 4 N–H and O–H groups in total. The van der Waals surface area contributed by atoms with E-state index in [4.69, 9.17) is 10.2 Å². The zero-order valence-electron chi connectivity index (χ0n) is 13.5. The van der Waals surface area contributed by atoms with Gasteiger partial charge in [-0.1, -0.05) is 6.42 Å². The first kappa shape index (κ1) is 21.3. The number of amides is 1. The quantitative estimate of drug-likeness (QED) is 0.246. The van der Waals surface area contributed by atoms with Gasteiger partial charge in [0.05, 0.1) is 40.0 Å². The van der Waals surface area contributed by atoms with Gasteiger partial charge in [-0.25, -0.2) is 0 Å². The van der Waals surface area contributed by atoms with E-state index in [0.29, 0.717) is 19.3 Å². The molecule has 0 saturated carbocycles. The molecule has 0 bridgehead atoms. The molecule has 0 aromatic rings. The minimum Gasteiger partial charge on any atom is -0.468 e. The van der Waals surface area contributed by atoms with E-state index in [2.05, 4.69) is 20.1 Å². The zero-order chi connectivity index (χ0) is 17.7. The van der Waals surface area contributed by atoms with Crippen LogP contribution in [0.15, 0.2) is 0 Å². The van der Waals surface area contributed by atoms with Crippen molar-refractivity contribution >= 4 is 17.8 Å². The molecular weight excluding hydrogens is 308 g/mol. The topological polar surface area (TPSA) is 134 Å². The number of nitrogens with one attached hydrogen (secondary N) is 2. The number of carbonyl (C=O) groups is 3. The lowest BCUT2D eigenvalue weighted by Gasteiger charge is -2.16. The predicted octanol–water partition coefficient (Wildman–Crippen LogP) is -1.68. The second-order valence-electron chi connectivity index (χ2n) is 4.91. The summed E-state index contributed by atoms with van der Waals surface area (Å²) < 4.78 is 9.13. The number of aliphatic hydroxyl groups excluding tert-OH is 2. The Bertz CT molecular complexity index is 372. The Kier molecular flexibility index (Phi) is 11.8. The Labute approximate surface area is 135 Å². The molecule has 1 amide bonds. The van der Waals surface area contributed by atoms with E-state index in [9.17, 15) is 14.4 Å². The normalized spacial score (nSPS) is 11.9. The number of hydrogen-bond acceptors (Lipinski definition) is 8. The molecule has 0 heterocycles. The van der Waals surface area contributed by atoms with Crippen LogP contribution in [0, 0.1) is 0 Å². The van der Waals surface area contributed by atoms with Gasteiger partial charge in [-0.2, -0.15) is 0 Å². The van der Waals surface area contributed by atoms with Crippen LogP contribution in [-0.2, 0) is 23.9 Å². The highest BCUT2D eigenvalue weighted by atomic mass is 16.5. The van der Waals surface area contributed by atoms with E-state index in [-0.39, 0.29) is 32.1 Å². The van der Waals surface area contributed by atoms with E-state index in [1.165, 1.54) is 14.2 Å². The minimum absolute atomic E-state index is 0.106. The van der Waals surface area contributed by atoms with Gasteiger partial charge in [-0.3, -0.25) is 19.7 Å². The Morgan fingerprint density at radius 2 is 1.70 bits per heavy atom. The number of esters is 2. The summed E-state index contributed by atoms with van der Waals surface area (Å²) in [4.78, 5) is 34.2. The van der Waals surface area contributed by atoms with Crippen molar-refractivity contribution in [3.8, 4) is 0 Å². The van der Waals surface area contributed by atoms with Crippen molar-refractivity contribution in [2.45, 2.75) is 37.8 Å². The number of rotatable bonds is 12. The molecule has 0 aliphatic rings. The second kappa shape index (κ2) is 12.8. The van der Waals surface area contributed by atoms with E-state index in [0.717, 1.165) is 0 Å². The lowest BCUT2D eigenvalue weighted by atomic mass is 10.1. The molecule has 0 fully saturated rings. The van der Waals surface area contributed by atoms with Crippen LogP contribution in [0.5, 0.6) is 0 Å². The van der Waals surface area contributed by atoms with Gasteiger partial charge in [0.25, 0.3) is 0 Å². The van der Waals surface area contributed by atoms with Crippen LogP contribution >= 0.6 is 0 Å². The molecule has 9 nitrogen and oxygen atoms in total. The minimum atomic E-state index is -0.660. The Morgan fingerprint density at radius 1 is 1.04 bits per heavy atom. The molecule has 9 heteroatoms. The van der Waals surface area contributed by atoms with Gasteiger partial charge >= 0.3 is 11.9 Å². The Hall–Kier alpha value is -1.71. The van der Waals surface area contributed by atoms with Gasteiger partial charge < -0.3 is 25.0 Å². The number of methoxy groups -OCH3 is 2. The molecule has 134 valence electrons. The molecule has 0 saturated heterocycles. The zero-order valence-corrected chi connectivity index (χ0v) is 13.5. The smallest absolute Gasteiger partial charge is 0.322 e. The summed E-state index contributed by atoms with van der Waals surface area (Å²) in [5.74, 6) is -1.26. The van der Waals surface area contributed by atoms with Gasteiger partial charge in [0.1, 0.15) is 6.04 Å². The van der Waals surface area contributed by atoms with Crippen LogP contribution in [0.4, 0.5) is 0 Å². The number of ether oxygens (including phenoxy) is 2. The standard InChI is InChI=1S/C14H26N2O7/c1-22-13(20)7-15-11(14(21)23-2)5-3-4-6-12(19)16-10(8-17)9-18/h10-11,15,17-18H,3-9H2,1-2H3,(H,16,19). The molecule has 1 unspecified atom stereocenters.